The number of hydrogen-bond donors (Lipinski definition) is 2. The van der Waals surface area contributed by atoms with E-state index in [0.717, 1.165) is 0 Å². The maximum Gasteiger partial charge on any atom is 0.251 e. The van der Waals surface area contributed by atoms with Gasteiger partial charge in [-0.15, -0.1) is 0 Å². The van der Waals surface area contributed by atoms with Crippen molar-refractivity contribution in [2.75, 3.05) is 20.1 Å². The number of benzene rings is 1. The first-order valence-corrected chi connectivity index (χ1v) is 8.38. The van der Waals surface area contributed by atoms with Crippen LogP contribution >= 0.6 is 0 Å². The molecule has 0 spiro atoms. The minimum Gasteiger partial charge on any atom is -0.355 e. The van der Waals surface area contributed by atoms with Gasteiger partial charge in [0.15, 0.2) is 0 Å². The van der Waals surface area contributed by atoms with Gasteiger partial charge in [-0.3, -0.25) is 4.79 Å². The topological polar surface area (TPSA) is 92.5 Å². The molecule has 1 aliphatic rings. The van der Waals surface area contributed by atoms with Gasteiger partial charge in [-0.25, -0.2) is 8.42 Å². The van der Waals surface area contributed by atoms with Gasteiger partial charge in [0.25, 0.3) is 5.91 Å². The highest BCUT2D eigenvalue weighted by Gasteiger charge is 2.31. The van der Waals surface area contributed by atoms with Gasteiger partial charge in [-0.2, -0.15) is 4.31 Å². The molecule has 116 valence electrons. The predicted octanol–water partition coefficient (Wildman–Crippen LogP) is 0.404. The molecule has 7 heteroatoms. The van der Waals surface area contributed by atoms with Crippen LogP contribution in [0, 0.1) is 5.92 Å². The van der Waals surface area contributed by atoms with E-state index >= 15 is 0 Å². The summed E-state index contributed by atoms with van der Waals surface area (Å²) in [6, 6.07) is 6.03. The standard InChI is InChI=1S/C14H21N3O3S/c1-10-9-17(8-7-13(10)15)21(19,20)12-5-3-11(4-6-12)14(18)16-2/h3-6,10,13H,7-9,15H2,1-2H3,(H,16,18). The predicted molar refractivity (Wildman–Crippen MR) is 80.3 cm³/mol. The van der Waals surface area contributed by atoms with Crippen molar-refractivity contribution < 1.29 is 13.2 Å². The monoisotopic (exact) mass is 311 g/mol. The first-order valence-electron chi connectivity index (χ1n) is 6.94. The summed E-state index contributed by atoms with van der Waals surface area (Å²) in [5.41, 5.74) is 6.36. The molecular weight excluding hydrogens is 290 g/mol. The summed E-state index contributed by atoms with van der Waals surface area (Å²) in [6.07, 6.45) is 0.663. The minimum atomic E-state index is -3.52. The fraction of sp³-hybridized carbons (Fsp3) is 0.500. The molecule has 1 amide bonds. The number of piperidine rings is 1. The number of amides is 1. The largest absolute Gasteiger partial charge is 0.355 e. The Bertz CT molecular complexity index is 613. The molecule has 2 atom stereocenters. The van der Waals surface area contributed by atoms with Crippen molar-refractivity contribution in [1.82, 2.24) is 9.62 Å². The molecule has 1 aromatic rings. The van der Waals surface area contributed by atoms with E-state index in [9.17, 15) is 13.2 Å². The number of nitrogens with two attached hydrogens (primary N) is 1. The summed E-state index contributed by atoms with van der Waals surface area (Å²) >= 11 is 0. The van der Waals surface area contributed by atoms with Crippen LogP contribution in [0.2, 0.25) is 0 Å². The van der Waals surface area contributed by atoms with Gasteiger partial charge in [0.05, 0.1) is 4.90 Å². The van der Waals surface area contributed by atoms with Crippen molar-refractivity contribution in [2.24, 2.45) is 11.7 Å². The molecule has 0 bridgehead atoms. The van der Waals surface area contributed by atoms with Crippen LogP contribution in [0.5, 0.6) is 0 Å². The van der Waals surface area contributed by atoms with E-state index in [2.05, 4.69) is 5.32 Å². The highest BCUT2D eigenvalue weighted by Crippen LogP contribution is 2.23. The van der Waals surface area contributed by atoms with E-state index in [0.29, 0.717) is 25.1 Å². The van der Waals surface area contributed by atoms with Crippen molar-refractivity contribution in [1.29, 1.82) is 0 Å². The van der Waals surface area contributed by atoms with Crippen LogP contribution < -0.4 is 11.1 Å². The summed E-state index contributed by atoms with van der Waals surface area (Å²) in [5.74, 6) is -0.102. The highest BCUT2D eigenvalue weighted by atomic mass is 32.2. The lowest BCUT2D eigenvalue weighted by molar-refractivity contribution is 0.0963. The summed E-state index contributed by atoms with van der Waals surface area (Å²) in [6.45, 7) is 2.83. The summed E-state index contributed by atoms with van der Waals surface area (Å²) in [7, 11) is -1.99. The van der Waals surface area contributed by atoms with E-state index in [1.165, 1.54) is 35.6 Å². The SMILES string of the molecule is CNC(=O)c1ccc(S(=O)(=O)N2CCC(N)C(C)C2)cc1. The van der Waals surface area contributed by atoms with Gasteiger partial charge in [0.1, 0.15) is 0 Å². The number of sulfonamides is 1. The Morgan fingerprint density at radius 1 is 1.33 bits per heavy atom. The quantitative estimate of drug-likeness (QED) is 0.845. The normalized spacial score (nSPS) is 23.8. The molecule has 1 heterocycles. The third-order valence-electron chi connectivity index (χ3n) is 3.92. The molecule has 3 N–H and O–H groups in total. The number of hydrogen-bond acceptors (Lipinski definition) is 4. The fourth-order valence-electron chi connectivity index (χ4n) is 2.42. The molecule has 0 saturated carbocycles. The molecule has 0 aliphatic carbocycles. The van der Waals surface area contributed by atoms with Gasteiger partial charge in [-0.1, -0.05) is 6.92 Å². The summed E-state index contributed by atoms with van der Waals surface area (Å²) in [4.78, 5) is 11.7. The molecule has 0 aromatic heterocycles. The van der Waals surface area contributed by atoms with Crippen molar-refractivity contribution in [3.05, 3.63) is 29.8 Å². The molecule has 1 aliphatic heterocycles. The van der Waals surface area contributed by atoms with Gasteiger partial charge in [0.2, 0.25) is 10.0 Å². The Labute approximate surface area is 125 Å². The Hall–Kier alpha value is -1.44. The van der Waals surface area contributed by atoms with Gasteiger partial charge < -0.3 is 11.1 Å². The van der Waals surface area contributed by atoms with Crippen molar-refractivity contribution in [3.8, 4) is 0 Å². The van der Waals surface area contributed by atoms with Crippen LogP contribution in [0.15, 0.2) is 29.2 Å². The molecule has 6 nitrogen and oxygen atoms in total. The first kappa shape index (κ1) is 15.9. The van der Waals surface area contributed by atoms with Crippen LogP contribution in [0.25, 0.3) is 0 Å². The third kappa shape index (κ3) is 3.25. The number of nitrogens with one attached hydrogen (secondary N) is 1. The Morgan fingerprint density at radius 2 is 1.95 bits per heavy atom. The van der Waals surface area contributed by atoms with E-state index in [1.807, 2.05) is 6.92 Å². The lowest BCUT2D eigenvalue weighted by Gasteiger charge is -2.34. The summed E-state index contributed by atoms with van der Waals surface area (Å²) < 4.78 is 26.6. The summed E-state index contributed by atoms with van der Waals surface area (Å²) in [5, 5.41) is 2.50. The maximum absolute atomic E-state index is 12.6. The van der Waals surface area contributed by atoms with E-state index in [4.69, 9.17) is 5.73 Å². The van der Waals surface area contributed by atoms with Crippen LogP contribution in [-0.4, -0.2) is 44.8 Å². The van der Waals surface area contributed by atoms with Crippen LogP contribution in [0.1, 0.15) is 23.7 Å². The van der Waals surface area contributed by atoms with Crippen molar-refractivity contribution in [2.45, 2.75) is 24.3 Å². The van der Waals surface area contributed by atoms with Crippen LogP contribution in [0.4, 0.5) is 0 Å². The van der Waals surface area contributed by atoms with Crippen molar-refractivity contribution in [3.63, 3.8) is 0 Å². The van der Waals surface area contributed by atoms with Crippen LogP contribution in [0.3, 0.4) is 0 Å². The van der Waals surface area contributed by atoms with Gasteiger partial charge in [0, 0.05) is 31.7 Å². The number of carbonyl (C=O) groups is 1. The number of rotatable bonds is 3. The second-order valence-electron chi connectivity index (χ2n) is 5.40. The fourth-order valence-corrected chi connectivity index (χ4v) is 3.97. The zero-order valence-electron chi connectivity index (χ0n) is 12.2. The smallest absolute Gasteiger partial charge is 0.251 e. The second-order valence-corrected chi connectivity index (χ2v) is 7.33. The van der Waals surface area contributed by atoms with Gasteiger partial charge >= 0.3 is 0 Å². The zero-order chi connectivity index (χ0) is 15.6. The number of carbonyl (C=O) groups excluding carboxylic acids is 1. The van der Waals surface area contributed by atoms with E-state index < -0.39 is 10.0 Å². The average Bonchev–Trinajstić information content (AvgIpc) is 2.49. The molecule has 2 rings (SSSR count). The minimum absolute atomic E-state index is 0.0482. The van der Waals surface area contributed by atoms with Crippen molar-refractivity contribution >= 4 is 15.9 Å². The van der Waals surface area contributed by atoms with E-state index in [-0.39, 0.29) is 22.8 Å². The Kier molecular flexibility index (Phi) is 4.65. The molecule has 0 radical (unpaired) electrons. The lowest BCUT2D eigenvalue weighted by atomic mass is 9.96. The highest BCUT2D eigenvalue weighted by molar-refractivity contribution is 7.89. The second kappa shape index (κ2) is 6.13. The number of nitrogens with zero attached hydrogens (tertiary/aromatic N) is 1. The Morgan fingerprint density at radius 3 is 2.48 bits per heavy atom. The lowest BCUT2D eigenvalue weighted by Crippen LogP contribution is -2.48. The molecule has 1 saturated heterocycles. The Balaban J connectivity index is 2.22. The molecular formula is C14H21N3O3S. The molecule has 21 heavy (non-hydrogen) atoms. The molecule has 2 unspecified atom stereocenters. The van der Waals surface area contributed by atoms with E-state index in [1.54, 1.807) is 0 Å². The zero-order valence-corrected chi connectivity index (χ0v) is 13.1. The third-order valence-corrected chi connectivity index (χ3v) is 5.80. The average molecular weight is 311 g/mol. The molecule has 1 aromatic carbocycles. The molecule has 1 fully saturated rings. The first-order chi connectivity index (χ1) is 9.86. The van der Waals surface area contributed by atoms with Crippen LogP contribution in [-0.2, 0) is 10.0 Å². The maximum atomic E-state index is 12.6. The van der Waals surface area contributed by atoms with Gasteiger partial charge in [-0.05, 0) is 36.6 Å².